The van der Waals surface area contributed by atoms with Crippen LogP contribution in [0.5, 0.6) is 0 Å². The van der Waals surface area contributed by atoms with Crippen LogP contribution in [0, 0.1) is 0 Å². The van der Waals surface area contributed by atoms with E-state index in [1.165, 1.54) is 0 Å². The van der Waals surface area contributed by atoms with Crippen LogP contribution in [0.2, 0.25) is 0 Å². The molecule has 6 heteroatoms. The largest absolute Gasteiger partial charge is 0.372 e. The van der Waals surface area contributed by atoms with E-state index < -0.39 is 0 Å². The first-order valence-electron chi connectivity index (χ1n) is 8.36. The summed E-state index contributed by atoms with van der Waals surface area (Å²) < 4.78 is 11.1. The number of anilines is 1. The summed E-state index contributed by atoms with van der Waals surface area (Å²) in [6.45, 7) is 7.04. The van der Waals surface area contributed by atoms with Crippen molar-refractivity contribution in [3.05, 3.63) is 23.9 Å². The van der Waals surface area contributed by atoms with Crippen LogP contribution in [0.25, 0.3) is 0 Å². The number of hydrogen-bond acceptors (Lipinski definition) is 5. The zero-order valence-electron chi connectivity index (χ0n) is 13.8. The number of morpholine rings is 1. The third-order valence-corrected chi connectivity index (χ3v) is 4.24. The minimum atomic E-state index is -0.279. The van der Waals surface area contributed by atoms with Crippen molar-refractivity contribution in [3.8, 4) is 0 Å². The molecule has 6 nitrogen and oxygen atoms in total. The summed E-state index contributed by atoms with van der Waals surface area (Å²) in [4.78, 5) is 18.7. The van der Waals surface area contributed by atoms with Crippen LogP contribution in [0.3, 0.4) is 0 Å². The molecular formula is C17H25N3O3. The lowest BCUT2D eigenvalue weighted by molar-refractivity contribution is -0.130. The summed E-state index contributed by atoms with van der Waals surface area (Å²) in [5.74, 6) is 0.934. The Kier molecular flexibility index (Phi) is 5.13. The van der Waals surface area contributed by atoms with Crippen LogP contribution in [-0.2, 0) is 20.8 Å². The zero-order valence-corrected chi connectivity index (χ0v) is 13.8. The van der Waals surface area contributed by atoms with Gasteiger partial charge in [0.2, 0.25) is 5.91 Å². The minimum absolute atomic E-state index is 0.0256. The van der Waals surface area contributed by atoms with Gasteiger partial charge in [-0.25, -0.2) is 4.98 Å². The number of pyridine rings is 1. The Hall–Kier alpha value is -1.66. The van der Waals surface area contributed by atoms with Gasteiger partial charge in [-0.3, -0.25) is 4.79 Å². The lowest BCUT2D eigenvalue weighted by atomic mass is 10.2. The number of carbonyl (C=O) groups excluding carboxylic acids is 1. The highest BCUT2D eigenvalue weighted by Crippen LogP contribution is 2.18. The fraction of sp³-hybridized carbons (Fsp3) is 0.647. The normalized spacial score (nSPS) is 27.9. The molecule has 0 spiro atoms. The summed E-state index contributed by atoms with van der Waals surface area (Å²) in [7, 11) is 0. The predicted octanol–water partition coefficient (Wildman–Crippen LogP) is 1.49. The molecule has 1 N–H and O–H groups in total. The molecule has 1 amide bonds. The van der Waals surface area contributed by atoms with Crippen molar-refractivity contribution in [2.24, 2.45) is 0 Å². The topological polar surface area (TPSA) is 63.7 Å². The smallest absolute Gasteiger partial charge is 0.249 e. The van der Waals surface area contributed by atoms with E-state index >= 15 is 0 Å². The van der Waals surface area contributed by atoms with Crippen LogP contribution in [0.4, 0.5) is 5.82 Å². The van der Waals surface area contributed by atoms with Crippen LogP contribution < -0.4 is 10.2 Å². The Balaban J connectivity index is 1.53. The Morgan fingerprint density at radius 1 is 1.35 bits per heavy atom. The molecule has 0 aliphatic carbocycles. The van der Waals surface area contributed by atoms with E-state index in [2.05, 4.69) is 29.0 Å². The molecule has 3 atom stereocenters. The van der Waals surface area contributed by atoms with Gasteiger partial charge in [-0.05, 0) is 38.3 Å². The quantitative estimate of drug-likeness (QED) is 0.911. The van der Waals surface area contributed by atoms with Crippen molar-refractivity contribution in [2.75, 3.05) is 24.6 Å². The van der Waals surface area contributed by atoms with E-state index in [1.807, 2.05) is 18.3 Å². The summed E-state index contributed by atoms with van der Waals surface area (Å²) in [5, 5.41) is 2.92. The van der Waals surface area contributed by atoms with E-state index in [9.17, 15) is 4.79 Å². The van der Waals surface area contributed by atoms with Gasteiger partial charge in [0.05, 0.1) is 12.2 Å². The predicted molar refractivity (Wildman–Crippen MR) is 87.3 cm³/mol. The van der Waals surface area contributed by atoms with E-state index in [0.29, 0.717) is 13.2 Å². The molecule has 0 aromatic carbocycles. The minimum Gasteiger partial charge on any atom is -0.372 e. The molecule has 126 valence electrons. The fourth-order valence-corrected chi connectivity index (χ4v) is 3.16. The van der Waals surface area contributed by atoms with Gasteiger partial charge in [-0.1, -0.05) is 6.07 Å². The van der Waals surface area contributed by atoms with Crippen molar-refractivity contribution in [2.45, 2.75) is 51.5 Å². The van der Waals surface area contributed by atoms with Crippen LogP contribution >= 0.6 is 0 Å². The van der Waals surface area contributed by atoms with Crippen molar-refractivity contribution >= 4 is 11.7 Å². The molecule has 23 heavy (non-hydrogen) atoms. The molecule has 1 aromatic heterocycles. The van der Waals surface area contributed by atoms with Gasteiger partial charge in [0.1, 0.15) is 11.9 Å². The summed E-state index contributed by atoms with van der Waals surface area (Å²) >= 11 is 0. The highest BCUT2D eigenvalue weighted by molar-refractivity contribution is 5.80. The van der Waals surface area contributed by atoms with Gasteiger partial charge in [0.25, 0.3) is 0 Å². The molecule has 2 aliphatic rings. The third-order valence-electron chi connectivity index (χ3n) is 4.24. The summed E-state index contributed by atoms with van der Waals surface area (Å²) in [5.41, 5.74) is 0.995. The van der Waals surface area contributed by atoms with Crippen LogP contribution in [-0.4, -0.2) is 48.9 Å². The second-order valence-electron chi connectivity index (χ2n) is 6.41. The molecule has 2 aliphatic heterocycles. The van der Waals surface area contributed by atoms with Gasteiger partial charge in [-0.15, -0.1) is 0 Å². The lowest BCUT2D eigenvalue weighted by Crippen LogP contribution is -2.45. The number of amides is 1. The van der Waals surface area contributed by atoms with Crippen molar-refractivity contribution in [1.29, 1.82) is 0 Å². The van der Waals surface area contributed by atoms with E-state index in [4.69, 9.17) is 9.47 Å². The molecule has 1 aromatic rings. The average molecular weight is 319 g/mol. The molecule has 0 saturated carbocycles. The zero-order chi connectivity index (χ0) is 16.2. The maximum Gasteiger partial charge on any atom is 0.249 e. The van der Waals surface area contributed by atoms with Crippen molar-refractivity contribution in [3.63, 3.8) is 0 Å². The number of rotatable bonds is 4. The molecule has 0 bridgehead atoms. The molecule has 3 unspecified atom stereocenters. The van der Waals surface area contributed by atoms with Crippen LogP contribution in [0.1, 0.15) is 32.3 Å². The van der Waals surface area contributed by atoms with Gasteiger partial charge in [0.15, 0.2) is 0 Å². The molecule has 0 radical (unpaired) electrons. The number of nitrogens with zero attached hydrogens (tertiary/aromatic N) is 2. The highest BCUT2D eigenvalue weighted by atomic mass is 16.5. The molecule has 3 rings (SSSR count). The van der Waals surface area contributed by atoms with Gasteiger partial charge in [-0.2, -0.15) is 0 Å². The van der Waals surface area contributed by atoms with Gasteiger partial charge >= 0.3 is 0 Å². The molecule has 2 fully saturated rings. The maximum absolute atomic E-state index is 11.9. The summed E-state index contributed by atoms with van der Waals surface area (Å²) in [6, 6.07) is 4.03. The second-order valence-corrected chi connectivity index (χ2v) is 6.41. The highest BCUT2D eigenvalue weighted by Gasteiger charge is 2.24. The Morgan fingerprint density at radius 2 is 2.13 bits per heavy atom. The Labute approximate surface area is 137 Å². The standard InChI is InChI=1S/C17H25N3O3/c1-12-10-20(11-13(2)23-12)16-6-5-14(8-18-16)9-19-17(21)15-4-3-7-22-15/h5-6,8,12-13,15H,3-4,7,9-11H2,1-2H3,(H,19,21). The number of aromatic nitrogens is 1. The van der Waals surface area contributed by atoms with Gasteiger partial charge < -0.3 is 19.7 Å². The van der Waals surface area contributed by atoms with Crippen molar-refractivity contribution in [1.82, 2.24) is 10.3 Å². The third kappa shape index (κ3) is 4.20. The lowest BCUT2D eigenvalue weighted by Gasteiger charge is -2.36. The Bertz CT molecular complexity index is 518. The number of ether oxygens (including phenoxy) is 2. The number of carbonyl (C=O) groups is 1. The average Bonchev–Trinajstić information content (AvgIpc) is 3.07. The molecule has 3 heterocycles. The molecule has 2 saturated heterocycles. The number of hydrogen-bond donors (Lipinski definition) is 1. The summed E-state index contributed by atoms with van der Waals surface area (Å²) in [6.07, 6.45) is 3.76. The second kappa shape index (κ2) is 7.27. The van der Waals surface area contributed by atoms with Gasteiger partial charge in [0, 0.05) is 32.4 Å². The maximum atomic E-state index is 11.9. The van der Waals surface area contributed by atoms with Crippen molar-refractivity contribution < 1.29 is 14.3 Å². The van der Waals surface area contributed by atoms with E-state index in [-0.39, 0.29) is 24.2 Å². The van der Waals surface area contributed by atoms with E-state index in [1.54, 1.807) is 0 Å². The fourth-order valence-electron chi connectivity index (χ4n) is 3.16. The monoisotopic (exact) mass is 319 g/mol. The SMILES string of the molecule is CC1CN(c2ccc(CNC(=O)C3CCCO3)cn2)CC(C)O1. The first-order chi connectivity index (χ1) is 11.1. The van der Waals surface area contributed by atoms with E-state index in [0.717, 1.165) is 37.3 Å². The number of nitrogens with one attached hydrogen (secondary N) is 1. The molecular weight excluding hydrogens is 294 g/mol. The van der Waals surface area contributed by atoms with Crippen LogP contribution in [0.15, 0.2) is 18.3 Å². The first kappa shape index (κ1) is 16.2. The first-order valence-corrected chi connectivity index (χ1v) is 8.36. The Morgan fingerprint density at radius 3 is 2.74 bits per heavy atom.